The molecule has 2 aromatic carbocycles. The van der Waals surface area contributed by atoms with E-state index in [9.17, 15) is 19.5 Å². The fourth-order valence-corrected chi connectivity index (χ4v) is 8.03. The number of amides is 2. The zero-order valence-corrected chi connectivity index (χ0v) is 22.2. The van der Waals surface area contributed by atoms with Gasteiger partial charge in [-0.3, -0.25) is 25.2 Å². The molecule has 5 rings (SSSR count). The van der Waals surface area contributed by atoms with Gasteiger partial charge in [0.25, 0.3) is 5.91 Å². The van der Waals surface area contributed by atoms with Crippen molar-refractivity contribution >= 4 is 87.4 Å². The summed E-state index contributed by atoms with van der Waals surface area (Å²) in [6.07, 6.45) is 0. The Kier molecular flexibility index (Phi) is 6.14. The second kappa shape index (κ2) is 8.58. The fraction of sp³-hybridized carbons (Fsp3) is 0.261. The van der Waals surface area contributed by atoms with Crippen molar-refractivity contribution in [2.45, 2.75) is 20.0 Å². The second-order valence-electron chi connectivity index (χ2n) is 8.51. The van der Waals surface area contributed by atoms with Gasteiger partial charge in [0.05, 0.1) is 27.8 Å². The average Bonchev–Trinajstić information content (AvgIpc) is 3.06. The molecule has 13 heteroatoms. The largest absolute Gasteiger partial charge is 0.481 e. The van der Waals surface area contributed by atoms with Gasteiger partial charge < -0.3 is 9.84 Å². The van der Waals surface area contributed by atoms with E-state index >= 15 is 0 Å². The third-order valence-electron chi connectivity index (χ3n) is 6.74. The zero-order valence-electron chi connectivity index (χ0n) is 17.7. The first-order valence-electron chi connectivity index (χ1n) is 10.4. The van der Waals surface area contributed by atoms with Crippen LogP contribution in [0.5, 0.6) is 11.5 Å². The third kappa shape index (κ3) is 3.17. The van der Waals surface area contributed by atoms with Crippen molar-refractivity contribution in [2.75, 3.05) is 0 Å². The number of benzene rings is 2. The Morgan fingerprint density at radius 1 is 0.750 bits per heavy atom. The van der Waals surface area contributed by atoms with Crippen LogP contribution >= 0.6 is 69.6 Å². The molecular formula is C23H14Cl6N2O5. The second-order valence-corrected chi connectivity index (χ2v) is 11.8. The normalized spacial score (nSPS) is 29.7. The van der Waals surface area contributed by atoms with Crippen LogP contribution in [0, 0.1) is 11.8 Å². The van der Waals surface area contributed by atoms with Crippen molar-refractivity contribution in [3.63, 3.8) is 0 Å². The van der Waals surface area contributed by atoms with Gasteiger partial charge in [-0.25, -0.2) is 0 Å². The molecule has 1 heterocycles. The highest BCUT2D eigenvalue weighted by Crippen LogP contribution is 2.76. The van der Waals surface area contributed by atoms with Gasteiger partial charge in [0.1, 0.15) is 21.2 Å². The molecule has 0 radical (unpaired) electrons. The number of halogens is 6. The molecule has 0 aromatic heterocycles. The number of nitrogens with one attached hydrogen (secondary N) is 2. The predicted octanol–water partition coefficient (Wildman–Crippen LogP) is 5.23. The number of ether oxygens (including phenoxy) is 1. The first-order chi connectivity index (χ1) is 16.9. The van der Waals surface area contributed by atoms with Crippen LogP contribution in [0.4, 0.5) is 0 Å². The first kappa shape index (κ1) is 25.8. The van der Waals surface area contributed by atoms with Gasteiger partial charge in [0.2, 0.25) is 5.91 Å². The molecule has 0 saturated heterocycles. The highest BCUT2D eigenvalue weighted by atomic mass is 35.5. The molecule has 4 unspecified atom stereocenters. The molecule has 1 aliphatic heterocycles. The maximum atomic E-state index is 13.3. The van der Waals surface area contributed by atoms with Gasteiger partial charge in [-0.1, -0.05) is 82.8 Å². The molecule has 1 fully saturated rings. The topological polar surface area (TPSA) is 105 Å². The Bertz CT molecular complexity index is 1320. The lowest BCUT2D eigenvalue weighted by Gasteiger charge is -2.33. The highest BCUT2D eigenvalue weighted by Gasteiger charge is 2.85. The van der Waals surface area contributed by atoms with Crippen molar-refractivity contribution in [1.82, 2.24) is 10.9 Å². The van der Waals surface area contributed by atoms with E-state index in [4.69, 9.17) is 74.3 Å². The first-order valence-corrected chi connectivity index (χ1v) is 12.7. The molecule has 2 aromatic rings. The quantitative estimate of drug-likeness (QED) is 0.326. The van der Waals surface area contributed by atoms with Crippen molar-refractivity contribution in [3.05, 3.63) is 69.7 Å². The number of para-hydroxylation sites is 2. The zero-order chi connectivity index (χ0) is 26.2. The monoisotopic (exact) mass is 608 g/mol. The van der Waals surface area contributed by atoms with Crippen LogP contribution in [0.15, 0.2) is 58.6 Å². The van der Waals surface area contributed by atoms with Gasteiger partial charge in [0, 0.05) is 11.1 Å². The minimum Gasteiger partial charge on any atom is -0.481 e. The molecule has 2 aliphatic carbocycles. The Morgan fingerprint density at radius 2 is 1.19 bits per heavy atom. The van der Waals surface area contributed by atoms with Crippen molar-refractivity contribution in [3.8, 4) is 11.5 Å². The summed E-state index contributed by atoms with van der Waals surface area (Å²) in [4.78, 5) is 34.5. The average molecular weight is 611 g/mol. The maximum absolute atomic E-state index is 13.3. The van der Waals surface area contributed by atoms with Crippen LogP contribution in [0.1, 0.15) is 17.0 Å². The summed E-state index contributed by atoms with van der Waals surface area (Å²) in [5.41, 5.74) is 5.72. The molecule has 7 nitrogen and oxygen atoms in total. The Labute approximate surface area is 234 Å². The molecule has 3 aliphatic rings. The van der Waals surface area contributed by atoms with Crippen LogP contribution < -0.4 is 15.6 Å². The number of hydrogen-bond acceptors (Lipinski definition) is 4. The minimum atomic E-state index is -2.26. The Morgan fingerprint density at radius 3 is 1.69 bits per heavy atom. The maximum Gasteiger partial charge on any atom is 0.309 e. The predicted molar refractivity (Wildman–Crippen MR) is 136 cm³/mol. The van der Waals surface area contributed by atoms with Crippen molar-refractivity contribution in [1.29, 1.82) is 0 Å². The van der Waals surface area contributed by atoms with E-state index in [0.717, 1.165) is 0 Å². The van der Waals surface area contributed by atoms with E-state index in [1.165, 1.54) is 0 Å². The SMILES string of the molecule is O=C(NNC(=O)C1C(C(=O)O)C2(Cl)C(Cl)=C(Cl)C1(Cl)C2(Cl)Cl)C1c2ccccc2Oc2ccccc21. The van der Waals surface area contributed by atoms with Crippen LogP contribution in [0.3, 0.4) is 0 Å². The lowest BCUT2D eigenvalue weighted by molar-refractivity contribution is -0.147. The van der Waals surface area contributed by atoms with Crippen LogP contribution in [-0.2, 0) is 14.4 Å². The number of fused-ring (bicyclic) bond motifs is 4. The van der Waals surface area contributed by atoms with Gasteiger partial charge in [-0.05, 0) is 12.1 Å². The van der Waals surface area contributed by atoms with Crippen LogP contribution in [0.25, 0.3) is 0 Å². The highest BCUT2D eigenvalue weighted by molar-refractivity contribution is 6.66. The number of rotatable bonds is 3. The summed E-state index contributed by atoms with van der Waals surface area (Å²) in [6.45, 7) is 0. The Balaban J connectivity index is 1.45. The standard InChI is InChI=1S/C23H14Cl6N2O5/c24-16-17(25)22(27)15(20(34)35)14(21(16,26)23(22,28)29)19(33)31-30-18(32)13-9-5-1-3-7-11(9)36-12-8-4-2-6-10(12)13/h1-8,13-15H,(H,30,32)(H,31,33)(H,34,35). The minimum absolute atomic E-state index is 0.345. The van der Waals surface area contributed by atoms with Gasteiger partial charge in [-0.15, -0.1) is 23.2 Å². The van der Waals surface area contributed by atoms with E-state index in [-0.39, 0.29) is 10.1 Å². The van der Waals surface area contributed by atoms with Crippen molar-refractivity contribution in [2.24, 2.45) is 11.8 Å². The lowest BCUT2D eigenvalue weighted by atomic mass is 9.81. The summed E-state index contributed by atoms with van der Waals surface area (Å²) in [5, 5.41) is 9.20. The molecule has 188 valence electrons. The number of hydrazine groups is 1. The van der Waals surface area contributed by atoms with Gasteiger partial charge in [0.15, 0.2) is 4.33 Å². The van der Waals surface area contributed by atoms with Gasteiger partial charge >= 0.3 is 5.97 Å². The van der Waals surface area contributed by atoms with E-state index in [0.29, 0.717) is 22.6 Å². The summed E-state index contributed by atoms with van der Waals surface area (Å²) < 4.78 is 3.62. The smallest absolute Gasteiger partial charge is 0.309 e. The summed E-state index contributed by atoms with van der Waals surface area (Å²) in [6, 6.07) is 13.9. The number of carbonyl (C=O) groups is 3. The number of hydrogen-bond donors (Lipinski definition) is 3. The molecule has 2 amide bonds. The molecule has 3 N–H and O–H groups in total. The molecule has 0 spiro atoms. The molecule has 36 heavy (non-hydrogen) atoms. The van der Waals surface area contributed by atoms with E-state index in [1.54, 1.807) is 48.5 Å². The summed E-state index contributed by atoms with van der Waals surface area (Å²) in [5.74, 6) is -6.50. The fourth-order valence-electron chi connectivity index (χ4n) is 5.09. The number of carboxylic acid groups (broad SMARTS) is 1. The van der Waals surface area contributed by atoms with Crippen LogP contribution in [-0.4, -0.2) is 37.0 Å². The van der Waals surface area contributed by atoms with E-state index in [2.05, 4.69) is 10.9 Å². The number of aliphatic carboxylic acids is 1. The number of carbonyl (C=O) groups excluding carboxylic acids is 2. The van der Waals surface area contributed by atoms with E-state index in [1.807, 2.05) is 0 Å². The molecule has 4 atom stereocenters. The number of alkyl halides is 4. The van der Waals surface area contributed by atoms with Gasteiger partial charge in [-0.2, -0.15) is 0 Å². The van der Waals surface area contributed by atoms with Crippen LogP contribution in [0.2, 0.25) is 0 Å². The molecular weight excluding hydrogens is 597 g/mol. The Hall–Kier alpha value is -1.87. The number of carboxylic acids is 1. The number of allylic oxidation sites excluding steroid dienone is 2. The lowest BCUT2D eigenvalue weighted by Crippen LogP contribution is -2.54. The van der Waals surface area contributed by atoms with E-state index < -0.39 is 49.6 Å². The summed E-state index contributed by atoms with van der Waals surface area (Å²) in [7, 11) is 0. The molecule has 2 bridgehead atoms. The molecule has 1 saturated carbocycles. The van der Waals surface area contributed by atoms with Crippen molar-refractivity contribution < 1.29 is 24.2 Å². The third-order valence-corrected chi connectivity index (χ3v) is 11.0. The summed E-state index contributed by atoms with van der Waals surface area (Å²) >= 11 is 38.5.